The van der Waals surface area contributed by atoms with Gasteiger partial charge in [0.2, 0.25) is 9.84 Å². The molecule has 2 aromatic heterocycles. The van der Waals surface area contributed by atoms with Crippen LogP contribution in [0, 0.1) is 13.1 Å². The topological polar surface area (TPSA) is 120 Å². The van der Waals surface area contributed by atoms with Gasteiger partial charge in [-0.1, -0.05) is 30.7 Å². The molecule has 2 heterocycles. The summed E-state index contributed by atoms with van der Waals surface area (Å²) >= 11 is 5.86. The second-order valence-corrected chi connectivity index (χ2v) is 10.3. The van der Waals surface area contributed by atoms with Gasteiger partial charge < -0.3 is 0 Å². The van der Waals surface area contributed by atoms with Crippen LogP contribution in [-0.4, -0.2) is 43.0 Å². The molecule has 1 aromatic carbocycles. The maximum Gasteiger partial charge on any atom is 0.253 e. The lowest BCUT2D eigenvalue weighted by molar-refractivity contribution is 0.576. The molecule has 0 aliphatic carbocycles. The van der Waals surface area contributed by atoms with Gasteiger partial charge in [0.25, 0.3) is 5.16 Å². The second kappa shape index (κ2) is 7.77. The maximum atomic E-state index is 13.4. The summed E-state index contributed by atoms with van der Waals surface area (Å²) in [6.07, 6.45) is 6.31. The Morgan fingerprint density at radius 2 is 1.83 bits per heavy atom. The monoisotopic (exact) mass is 451 g/mol. The molecule has 0 bridgehead atoms. The highest BCUT2D eigenvalue weighted by molar-refractivity contribution is 7.94. The average molecular weight is 452 g/mol. The SMILES string of the molecule is CCc1ccc(-c2ccncn2)c(S(C)(=O)=O)c1S(=O)(=O)c1n[c]c(Cl)c(C)n1. The molecule has 0 saturated carbocycles. The van der Waals surface area contributed by atoms with Gasteiger partial charge in [-0.25, -0.2) is 36.8 Å². The van der Waals surface area contributed by atoms with Crippen LogP contribution in [0.4, 0.5) is 0 Å². The highest BCUT2D eigenvalue weighted by Gasteiger charge is 2.33. The first-order valence-electron chi connectivity index (χ1n) is 8.36. The van der Waals surface area contributed by atoms with Crippen molar-refractivity contribution < 1.29 is 16.8 Å². The minimum absolute atomic E-state index is 0.0812. The lowest BCUT2D eigenvalue weighted by atomic mass is 10.1. The van der Waals surface area contributed by atoms with E-state index in [1.54, 1.807) is 13.0 Å². The summed E-state index contributed by atoms with van der Waals surface area (Å²) in [5.74, 6) is 0. The van der Waals surface area contributed by atoms with E-state index < -0.39 is 24.8 Å². The lowest BCUT2D eigenvalue weighted by Crippen LogP contribution is -2.16. The first-order valence-corrected chi connectivity index (χ1v) is 12.1. The number of nitrogens with zero attached hydrogens (tertiary/aromatic N) is 4. The lowest BCUT2D eigenvalue weighted by Gasteiger charge is -2.17. The summed E-state index contributed by atoms with van der Waals surface area (Å²) in [7, 11) is -8.39. The fourth-order valence-corrected chi connectivity index (χ4v) is 6.23. The Morgan fingerprint density at radius 1 is 1.10 bits per heavy atom. The number of halogens is 1. The van der Waals surface area contributed by atoms with Gasteiger partial charge in [0.15, 0.2) is 9.84 Å². The second-order valence-electron chi connectivity index (χ2n) is 6.17. The maximum absolute atomic E-state index is 13.4. The molecule has 0 saturated heterocycles. The van der Waals surface area contributed by atoms with Crippen LogP contribution in [0.1, 0.15) is 18.2 Å². The van der Waals surface area contributed by atoms with Gasteiger partial charge >= 0.3 is 0 Å². The first-order chi connectivity index (χ1) is 13.6. The number of rotatable bonds is 5. The molecule has 0 aliphatic rings. The van der Waals surface area contributed by atoms with E-state index in [1.807, 2.05) is 0 Å². The summed E-state index contributed by atoms with van der Waals surface area (Å²) in [6.45, 7) is 3.24. The molecule has 0 aliphatic heterocycles. The zero-order valence-electron chi connectivity index (χ0n) is 15.7. The number of hydrogen-bond donors (Lipinski definition) is 0. The number of benzene rings is 1. The predicted molar refractivity (Wildman–Crippen MR) is 106 cm³/mol. The molecule has 8 nitrogen and oxygen atoms in total. The van der Waals surface area contributed by atoms with E-state index in [9.17, 15) is 16.8 Å². The predicted octanol–water partition coefficient (Wildman–Crippen LogP) is 2.49. The van der Waals surface area contributed by atoms with Crippen LogP contribution in [0.3, 0.4) is 0 Å². The van der Waals surface area contributed by atoms with Crippen molar-refractivity contribution in [2.75, 3.05) is 6.26 Å². The fourth-order valence-electron chi connectivity index (χ4n) is 2.80. The zero-order chi connectivity index (χ0) is 21.4. The summed E-state index contributed by atoms with van der Waals surface area (Å²) in [6, 6.07) is 4.60. The Hall–Kier alpha value is -2.43. The third-order valence-corrected chi connectivity index (χ3v) is 7.46. The number of hydrogen-bond acceptors (Lipinski definition) is 8. The van der Waals surface area contributed by atoms with Gasteiger partial charge in [-0.2, -0.15) is 0 Å². The van der Waals surface area contributed by atoms with Crippen molar-refractivity contribution in [1.29, 1.82) is 0 Å². The number of aryl methyl sites for hydroxylation is 2. The van der Waals surface area contributed by atoms with Crippen LogP contribution in [0.25, 0.3) is 11.3 Å². The molecule has 1 radical (unpaired) electrons. The Morgan fingerprint density at radius 3 is 2.38 bits per heavy atom. The Balaban J connectivity index is 2.45. The zero-order valence-corrected chi connectivity index (χ0v) is 18.1. The van der Waals surface area contributed by atoms with Crippen LogP contribution >= 0.6 is 11.6 Å². The van der Waals surface area contributed by atoms with Crippen molar-refractivity contribution in [2.24, 2.45) is 0 Å². The Bertz CT molecular complexity index is 1290. The molecule has 0 N–H and O–H groups in total. The highest BCUT2D eigenvalue weighted by Crippen LogP contribution is 2.36. The molecular formula is C18H16ClN4O4S2. The van der Waals surface area contributed by atoms with E-state index in [2.05, 4.69) is 26.1 Å². The van der Waals surface area contributed by atoms with Crippen LogP contribution < -0.4 is 0 Å². The fraction of sp³-hybridized carbons (Fsp3) is 0.222. The third kappa shape index (κ3) is 4.00. The standard InChI is InChI=1S/C18H16ClN4O4S2/c1-4-12-5-6-13(15-7-8-20-10-22-15)17(28(3,24)25)16(12)29(26,27)18-21-9-14(19)11(2)23-18/h5-8,10H,4H2,1-3H3. The van der Waals surface area contributed by atoms with Gasteiger partial charge in [0.1, 0.15) is 12.5 Å². The van der Waals surface area contributed by atoms with Gasteiger partial charge in [-0.3, -0.25) is 0 Å². The van der Waals surface area contributed by atoms with Crippen molar-refractivity contribution in [3.05, 3.63) is 53.2 Å². The molecule has 151 valence electrons. The van der Waals surface area contributed by atoms with Crippen molar-refractivity contribution in [3.8, 4) is 11.3 Å². The van der Waals surface area contributed by atoms with Crippen LogP contribution in [0.15, 0.2) is 45.7 Å². The molecule has 0 atom stereocenters. The van der Waals surface area contributed by atoms with E-state index in [0.717, 1.165) is 6.26 Å². The van der Waals surface area contributed by atoms with Crippen LogP contribution in [0.5, 0.6) is 0 Å². The molecule has 0 unspecified atom stereocenters. The van der Waals surface area contributed by atoms with Crippen molar-refractivity contribution >= 4 is 31.3 Å². The highest BCUT2D eigenvalue weighted by atomic mass is 35.5. The molecule has 0 spiro atoms. The van der Waals surface area contributed by atoms with E-state index >= 15 is 0 Å². The smallest absolute Gasteiger partial charge is 0.245 e. The number of sulfone groups is 2. The van der Waals surface area contributed by atoms with E-state index in [4.69, 9.17) is 11.6 Å². The molecule has 0 amide bonds. The van der Waals surface area contributed by atoms with Crippen molar-refractivity contribution in [3.63, 3.8) is 0 Å². The Labute approximate surface area is 173 Å². The number of aromatic nitrogens is 4. The van der Waals surface area contributed by atoms with Gasteiger partial charge in [0, 0.05) is 18.0 Å². The van der Waals surface area contributed by atoms with Crippen molar-refractivity contribution in [2.45, 2.75) is 35.2 Å². The molecule has 11 heteroatoms. The molecule has 3 rings (SSSR count). The summed E-state index contributed by atoms with van der Waals surface area (Å²) in [4.78, 5) is 14.8. The summed E-state index contributed by atoms with van der Waals surface area (Å²) < 4.78 is 52.4. The Kier molecular flexibility index (Phi) is 5.70. The van der Waals surface area contributed by atoms with Crippen LogP contribution in [-0.2, 0) is 26.1 Å². The van der Waals surface area contributed by atoms with Gasteiger partial charge in [-0.05, 0) is 25.0 Å². The van der Waals surface area contributed by atoms with Gasteiger partial charge in [0.05, 0.1) is 26.2 Å². The minimum Gasteiger partial charge on any atom is -0.245 e. The molecule has 0 fully saturated rings. The molecule has 29 heavy (non-hydrogen) atoms. The quantitative estimate of drug-likeness (QED) is 0.542. The largest absolute Gasteiger partial charge is 0.253 e. The minimum atomic E-state index is -4.40. The normalized spacial score (nSPS) is 12.1. The molecule has 3 aromatic rings. The van der Waals surface area contributed by atoms with Crippen molar-refractivity contribution in [1.82, 2.24) is 19.9 Å². The van der Waals surface area contributed by atoms with Gasteiger partial charge in [-0.15, -0.1) is 0 Å². The summed E-state index contributed by atoms with van der Waals surface area (Å²) in [5, 5.41) is -0.489. The van der Waals surface area contributed by atoms with Crippen LogP contribution in [0.2, 0.25) is 5.02 Å². The molecular weight excluding hydrogens is 436 g/mol. The van der Waals surface area contributed by atoms with E-state index in [-0.39, 0.29) is 38.2 Å². The summed E-state index contributed by atoms with van der Waals surface area (Å²) in [5.41, 5.74) is 0.963. The first kappa shape index (κ1) is 21.3. The third-order valence-electron chi connectivity index (χ3n) is 4.14. The van der Waals surface area contributed by atoms with E-state index in [1.165, 1.54) is 31.6 Å². The average Bonchev–Trinajstić information content (AvgIpc) is 2.68. The van der Waals surface area contributed by atoms with E-state index in [0.29, 0.717) is 5.56 Å².